The highest BCUT2D eigenvalue weighted by Gasteiger charge is 2.37. The number of hydrogen-bond donors (Lipinski definition) is 0. The van der Waals surface area contributed by atoms with Gasteiger partial charge in [0.05, 0.1) is 11.6 Å². The minimum absolute atomic E-state index is 0.435. The Morgan fingerprint density at radius 1 is 1.40 bits per heavy atom. The van der Waals surface area contributed by atoms with Gasteiger partial charge in [-0.1, -0.05) is 6.42 Å². The molecule has 1 aliphatic heterocycles. The van der Waals surface area contributed by atoms with Crippen molar-refractivity contribution in [2.45, 2.75) is 25.1 Å². The van der Waals surface area contributed by atoms with Crippen molar-refractivity contribution in [1.29, 1.82) is 0 Å². The Morgan fingerprint density at radius 3 is 2.73 bits per heavy atom. The van der Waals surface area contributed by atoms with Crippen LogP contribution < -0.4 is 4.90 Å². The highest BCUT2D eigenvalue weighted by molar-refractivity contribution is 6.16. The first-order valence-electron chi connectivity index (χ1n) is 5.62. The standard InChI is InChI=1S/C11H15ClN2O/c12-4-10-7-15-11(13-10)14-5-8-2-1-3-9(8)6-14/h7-9H,1-6H2. The van der Waals surface area contributed by atoms with E-state index < -0.39 is 0 Å². The predicted octanol–water partition coefficient (Wildman–Crippen LogP) is 2.65. The Labute approximate surface area is 94.4 Å². The van der Waals surface area contributed by atoms with Crippen molar-refractivity contribution in [3.63, 3.8) is 0 Å². The lowest BCUT2D eigenvalue weighted by atomic mass is 10.0. The predicted molar refractivity (Wildman–Crippen MR) is 59.1 cm³/mol. The van der Waals surface area contributed by atoms with Gasteiger partial charge in [0.2, 0.25) is 0 Å². The summed E-state index contributed by atoms with van der Waals surface area (Å²) >= 11 is 5.70. The van der Waals surface area contributed by atoms with E-state index in [0.717, 1.165) is 36.6 Å². The molecule has 4 heteroatoms. The molecule has 82 valence electrons. The maximum absolute atomic E-state index is 5.70. The highest BCUT2D eigenvalue weighted by Crippen LogP contribution is 2.39. The summed E-state index contributed by atoms with van der Waals surface area (Å²) in [6, 6.07) is 0.764. The van der Waals surface area contributed by atoms with Crippen molar-refractivity contribution < 1.29 is 4.42 Å². The van der Waals surface area contributed by atoms with E-state index in [1.54, 1.807) is 6.26 Å². The van der Waals surface area contributed by atoms with E-state index in [9.17, 15) is 0 Å². The zero-order valence-corrected chi connectivity index (χ0v) is 9.41. The minimum Gasteiger partial charge on any atom is -0.432 e. The first-order chi connectivity index (χ1) is 7.36. The molecule has 0 spiro atoms. The van der Waals surface area contributed by atoms with Crippen LogP contribution in [0.2, 0.25) is 0 Å². The Kier molecular flexibility index (Phi) is 2.35. The number of hydrogen-bond acceptors (Lipinski definition) is 3. The van der Waals surface area contributed by atoms with Gasteiger partial charge >= 0.3 is 0 Å². The van der Waals surface area contributed by atoms with Crippen molar-refractivity contribution in [1.82, 2.24) is 4.98 Å². The van der Waals surface area contributed by atoms with Gasteiger partial charge in [-0.2, -0.15) is 4.98 Å². The average Bonchev–Trinajstić information content (AvgIpc) is 2.91. The number of halogens is 1. The van der Waals surface area contributed by atoms with E-state index in [2.05, 4.69) is 9.88 Å². The number of alkyl halides is 1. The molecule has 2 heterocycles. The Morgan fingerprint density at radius 2 is 2.13 bits per heavy atom. The highest BCUT2D eigenvalue weighted by atomic mass is 35.5. The van der Waals surface area contributed by atoms with Crippen LogP contribution in [0.4, 0.5) is 6.01 Å². The number of nitrogens with zero attached hydrogens (tertiary/aromatic N) is 2. The fourth-order valence-corrected chi connectivity index (χ4v) is 3.02. The van der Waals surface area contributed by atoms with Crippen LogP contribution >= 0.6 is 11.6 Å². The molecule has 1 aromatic heterocycles. The molecule has 2 atom stereocenters. The summed E-state index contributed by atoms with van der Waals surface area (Å²) in [7, 11) is 0. The summed E-state index contributed by atoms with van der Waals surface area (Å²) in [5.74, 6) is 2.18. The Bertz CT molecular complexity index is 340. The summed E-state index contributed by atoms with van der Waals surface area (Å²) in [4.78, 5) is 6.63. The van der Waals surface area contributed by atoms with Crippen LogP contribution in [0.3, 0.4) is 0 Å². The molecule has 3 rings (SSSR count). The Hall–Kier alpha value is -0.700. The first kappa shape index (κ1) is 9.52. The molecule has 3 nitrogen and oxygen atoms in total. The number of fused-ring (bicyclic) bond motifs is 1. The molecule has 15 heavy (non-hydrogen) atoms. The zero-order valence-electron chi connectivity index (χ0n) is 8.66. The van der Waals surface area contributed by atoms with E-state index in [-0.39, 0.29) is 0 Å². The number of anilines is 1. The van der Waals surface area contributed by atoms with Gasteiger partial charge in [0, 0.05) is 13.1 Å². The molecule has 1 aromatic rings. The van der Waals surface area contributed by atoms with E-state index in [0.29, 0.717) is 5.88 Å². The van der Waals surface area contributed by atoms with Crippen molar-refractivity contribution in [3.8, 4) is 0 Å². The second kappa shape index (κ2) is 3.71. The van der Waals surface area contributed by atoms with E-state index in [4.69, 9.17) is 16.0 Å². The van der Waals surface area contributed by atoms with E-state index >= 15 is 0 Å². The summed E-state index contributed by atoms with van der Waals surface area (Å²) < 4.78 is 5.44. The SMILES string of the molecule is ClCc1coc(N2CC3CCCC3C2)n1. The third-order valence-corrected chi connectivity index (χ3v) is 3.95. The second-order valence-corrected chi connectivity index (χ2v) is 4.88. The molecule has 2 aliphatic rings. The van der Waals surface area contributed by atoms with E-state index in [1.807, 2.05) is 0 Å². The molecule has 1 saturated carbocycles. The van der Waals surface area contributed by atoms with Crippen LogP contribution in [0.5, 0.6) is 0 Å². The molecule has 0 amide bonds. The van der Waals surface area contributed by atoms with Crippen molar-refractivity contribution >= 4 is 17.6 Å². The van der Waals surface area contributed by atoms with E-state index in [1.165, 1.54) is 19.3 Å². The largest absolute Gasteiger partial charge is 0.432 e. The van der Waals surface area contributed by atoms with Crippen LogP contribution in [0.15, 0.2) is 10.7 Å². The molecule has 0 aromatic carbocycles. The normalized spacial score (nSPS) is 29.8. The smallest absolute Gasteiger partial charge is 0.297 e. The molecule has 2 fully saturated rings. The molecular formula is C11H15ClN2O. The molecule has 2 unspecified atom stereocenters. The quantitative estimate of drug-likeness (QED) is 0.726. The van der Waals surface area contributed by atoms with Crippen molar-refractivity contribution in [2.24, 2.45) is 11.8 Å². The van der Waals surface area contributed by atoms with Gasteiger partial charge in [-0.05, 0) is 24.7 Å². The minimum atomic E-state index is 0.435. The molecular weight excluding hydrogens is 212 g/mol. The van der Waals surface area contributed by atoms with Crippen LogP contribution in [-0.2, 0) is 5.88 Å². The average molecular weight is 227 g/mol. The number of oxazole rings is 1. The molecule has 0 radical (unpaired) electrons. The third kappa shape index (κ3) is 1.63. The molecule has 0 N–H and O–H groups in total. The van der Waals surface area contributed by atoms with Gasteiger partial charge in [-0.25, -0.2) is 0 Å². The summed E-state index contributed by atoms with van der Waals surface area (Å²) in [6.07, 6.45) is 5.83. The zero-order chi connectivity index (χ0) is 10.3. The summed E-state index contributed by atoms with van der Waals surface area (Å²) in [6.45, 7) is 2.24. The first-order valence-corrected chi connectivity index (χ1v) is 6.15. The summed E-state index contributed by atoms with van der Waals surface area (Å²) in [5, 5.41) is 0. The number of aromatic nitrogens is 1. The van der Waals surface area contributed by atoms with Crippen molar-refractivity contribution in [2.75, 3.05) is 18.0 Å². The van der Waals surface area contributed by atoms with Crippen LogP contribution in [0.25, 0.3) is 0 Å². The number of rotatable bonds is 2. The van der Waals surface area contributed by atoms with Gasteiger partial charge < -0.3 is 9.32 Å². The lowest BCUT2D eigenvalue weighted by molar-refractivity contribution is 0.494. The molecule has 0 bridgehead atoms. The summed E-state index contributed by atoms with van der Waals surface area (Å²) in [5.41, 5.74) is 0.837. The van der Waals surface area contributed by atoms with Crippen LogP contribution in [0, 0.1) is 11.8 Å². The van der Waals surface area contributed by atoms with Gasteiger partial charge in [-0.3, -0.25) is 0 Å². The van der Waals surface area contributed by atoms with Crippen LogP contribution in [-0.4, -0.2) is 18.1 Å². The van der Waals surface area contributed by atoms with Gasteiger partial charge in [0.15, 0.2) is 0 Å². The monoisotopic (exact) mass is 226 g/mol. The lowest BCUT2D eigenvalue weighted by Crippen LogP contribution is -2.20. The Balaban J connectivity index is 1.73. The molecule has 1 aliphatic carbocycles. The fourth-order valence-electron chi connectivity index (χ4n) is 2.89. The maximum atomic E-state index is 5.70. The maximum Gasteiger partial charge on any atom is 0.297 e. The van der Waals surface area contributed by atoms with Crippen molar-refractivity contribution in [3.05, 3.63) is 12.0 Å². The molecule has 1 saturated heterocycles. The lowest BCUT2D eigenvalue weighted by Gasteiger charge is -2.13. The van der Waals surface area contributed by atoms with Gasteiger partial charge in [-0.15, -0.1) is 11.6 Å². The second-order valence-electron chi connectivity index (χ2n) is 4.61. The van der Waals surface area contributed by atoms with Gasteiger partial charge in [0.1, 0.15) is 6.26 Å². The topological polar surface area (TPSA) is 29.3 Å². The fraction of sp³-hybridized carbons (Fsp3) is 0.727. The van der Waals surface area contributed by atoms with Crippen LogP contribution in [0.1, 0.15) is 25.0 Å². The van der Waals surface area contributed by atoms with Gasteiger partial charge in [0.25, 0.3) is 6.01 Å². The third-order valence-electron chi connectivity index (χ3n) is 3.67.